The van der Waals surface area contributed by atoms with Crippen LogP contribution in [0.4, 0.5) is 0 Å². The van der Waals surface area contributed by atoms with Gasteiger partial charge in [0.25, 0.3) is 5.91 Å². The minimum absolute atomic E-state index is 0.0578. The van der Waals surface area contributed by atoms with Crippen LogP contribution in [0.2, 0.25) is 0 Å². The zero-order valence-electron chi connectivity index (χ0n) is 18.5. The fraction of sp³-hybridized carbons (Fsp3) is 0.500. The van der Waals surface area contributed by atoms with Crippen molar-refractivity contribution >= 4 is 29.5 Å². The average molecular weight is 434 g/mol. The minimum atomic E-state index is -1.55. The molecule has 31 heavy (non-hydrogen) atoms. The lowest BCUT2D eigenvalue weighted by Gasteiger charge is -2.28. The van der Waals surface area contributed by atoms with E-state index in [1.54, 1.807) is 38.1 Å². The molecule has 0 aliphatic rings. The second-order valence-corrected chi connectivity index (χ2v) is 8.07. The van der Waals surface area contributed by atoms with Gasteiger partial charge in [0.15, 0.2) is 0 Å². The fourth-order valence-corrected chi connectivity index (χ4v) is 2.69. The number of carboxylic acids is 1. The molecule has 4 N–H and O–H groups in total. The molecule has 0 aliphatic heterocycles. The van der Waals surface area contributed by atoms with Crippen molar-refractivity contribution < 1.29 is 29.1 Å². The molecule has 0 heterocycles. The number of benzene rings is 1. The predicted octanol–water partition coefficient (Wildman–Crippen LogP) is 0.813. The van der Waals surface area contributed by atoms with Gasteiger partial charge in [0, 0.05) is 0 Å². The first kappa shape index (κ1) is 25.8. The third kappa shape index (κ3) is 7.84. The van der Waals surface area contributed by atoms with E-state index in [0.717, 1.165) is 5.56 Å². The number of hydrogen-bond acceptors (Lipinski definition) is 5. The van der Waals surface area contributed by atoms with E-state index in [9.17, 15) is 29.1 Å². The zero-order valence-corrected chi connectivity index (χ0v) is 18.5. The SMILES string of the molecule is CC[C@H](C)[C@H](NC(=O)C(=O)C(C)NC(=O)Cc1ccccc1)C(=O)NC(C)(C)C(=O)O. The van der Waals surface area contributed by atoms with E-state index in [1.165, 1.54) is 20.8 Å². The van der Waals surface area contributed by atoms with Crippen LogP contribution in [0.1, 0.15) is 46.6 Å². The summed E-state index contributed by atoms with van der Waals surface area (Å²) >= 11 is 0. The van der Waals surface area contributed by atoms with E-state index in [2.05, 4.69) is 16.0 Å². The summed E-state index contributed by atoms with van der Waals surface area (Å²) in [6.07, 6.45) is 0.561. The first-order valence-corrected chi connectivity index (χ1v) is 10.1. The Morgan fingerprint density at radius 3 is 2.10 bits per heavy atom. The van der Waals surface area contributed by atoms with E-state index in [1.807, 2.05) is 6.07 Å². The molecule has 1 unspecified atom stereocenters. The summed E-state index contributed by atoms with van der Waals surface area (Å²) in [6, 6.07) is 6.74. The minimum Gasteiger partial charge on any atom is -0.480 e. The molecule has 0 saturated heterocycles. The van der Waals surface area contributed by atoms with Gasteiger partial charge in [0.1, 0.15) is 11.6 Å². The molecular weight excluding hydrogens is 402 g/mol. The zero-order chi connectivity index (χ0) is 23.8. The van der Waals surface area contributed by atoms with Crippen LogP contribution >= 0.6 is 0 Å². The van der Waals surface area contributed by atoms with Crippen molar-refractivity contribution in [1.29, 1.82) is 0 Å². The molecule has 0 aromatic heterocycles. The summed E-state index contributed by atoms with van der Waals surface area (Å²) in [4.78, 5) is 60.9. The van der Waals surface area contributed by atoms with Crippen LogP contribution in [-0.2, 0) is 30.4 Å². The maximum atomic E-state index is 12.6. The summed E-state index contributed by atoms with van der Waals surface area (Å²) in [5.41, 5.74) is -0.783. The maximum Gasteiger partial charge on any atom is 0.328 e. The van der Waals surface area contributed by atoms with E-state index in [0.29, 0.717) is 6.42 Å². The molecule has 0 saturated carbocycles. The molecule has 0 fully saturated rings. The largest absolute Gasteiger partial charge is 0.480 e. The summed E-state index contributed by atoms with van der Waals surface area (Å²) in [6.45, 7) is 7.52. The Balaban J connectivity index is 2.78. The van der Waals surface area contributed by atoms with Crippen molar-refractivity contribution in [2.45, 2.75) is 65.1 Å². The first-order chi connectivity index (χ1) is 14.4. The number of nitrogens with one attached hydrogen (secondary N) is 3. The van der Waals surface area contributed by atoms with E-state index in [4.69, 9.17) is 0 Å². The Morgan fingerprint density at radius 2 is 1.58 bits per heavy atom. The molecule has 170 valence electrons. The number of carbonyl (C=O) groups is 5. The Labute approximate surface area is 182 Å². The van der Waals surface area contributed by atoms with Crippen molar-refractivity contribution in [3.8, 4) is 0 Å². The van der Waals surface area contributed by atoms with Gasteiger partial charge in [0.05, 0.1) is 12.5 Å². The van der Waals surface area contributed by atoms with Gasteiger partial charge in [-0.05, 0) is 32.3 Å². The molecule has 0 aliphatic carbocycles. The molecule has 0 radical (unpaired) electrons. The standard InChI is InChI=1S/C22H31N3O6/c1-6-13(2)17(19(28)25-22(4,5)21(30)31)24-20(29)18(27)14(3)23-16(26)12-15-10-8-7-9-11-15/h7-11,13-14,17H,6,12H2,1-5H3,(H,23,26)(H,24,29)(H,25,28)(H,30,31)/t13-,14?,17-/m0/s1. The number of ketones is 1. The van der Waals surface area contributed by atoms with Crippen LogP contribution in [0, 0.1) is 5.92 Å². The van der Waals surface area contributed by atoms with Crippen molar-refractivity contribution in [1.82, 2.24) is 16.0 Å². The number of hydrogen-bond donors (Lipinski definition) is 4. The molecule has 1 aromatic carbocycles. The van der Waals surface area contributed by atoms with Crippen LogP contribution in [-0.4, -0.2) is 52.2 Å². The van der Waals surface area contributed by atoms with Crippen molar-refractivity contribution in [2.75, 3.05) is 0 Å². The summed E-state index contributed by atoms with van der Waals surface area (Å²) in [7, 11) is 0. The molecule has 0 spiro atoms. The highest BCUT2D eigenvalue weighted by atomic mass is 16.4. The Bertz CT molecular complexity index is 822. The molecule has 3 amide bonds. The number of amides is 3. The van der Waals surface area contributed by atoms with Gasteiger partial charge in [-0.15, -0.1) is 0 Å². The molecule has 0 bridgehead atoms. The van der Waals surface area contributed by atoms with Crippen LogP contribution in [0.5, 0.6) is 0 Å². The van der Waals surface area contributed by atoms with Gasteiger partial charge >= 0.3 is 5.97 Å². The number of rotatable bonds is 11. The highest BCUT2D eigenvalue weighted by molar-refractivity contribution is 6.38. The van der Waals surface area contributed by atoms with Gasteiger partial charge in [0.2, 0.25) is 17.6 Å². The first-order valence-electron chi connectivity index (χ1n) is 10.1. The normalized spacial score (nSPS) is 14.0. The molecule has 9 nitrogen and oxygen atoms in total. The molecule has 1 aromatic rings. The Hall–Kier alpha value is -3.23. The number of carboxylic acid groups (broad SMARTS) is 1. The third-order valence-corrected chi connectivity index (χ3v) is 4.95. The smallest absolute Gasteiger partial charge is 0.328 e. The second kappa shape index (κ2) is 11.2. The van der Waals surface area contributed by atoms with E-state index >= 15 is 0 Å². The van der Waals surface area contributed by atoms with E-state index in [-0.39, 0.29) is 12.3 Å². The quantitative estimate of drug-likeness (QED) is 0.381. The van der Waals surface area contributed by atoms with Crippen molar-refractivity contribution in [2.24, 2.45) is 5.92 Å². The van der Waals surface area contributed by atoms with Crippen LogP contribution in [0.25, 0.3) is 0 Å². The monoisotopic (exact) mass is 433 g/mol. The van der Waals surface area contributed by atoms with Gasteiger partial charge in [-0.1, -0.05) is 50.6 Å². The molecule has 1 rings (SSSR count). The topological polar surface area (TPSA) is 142 Å². The number of carbonyl (C=O) groups excluding carboxylic acids is 4. The average Bonchev–Trinajstić information content (AvgIpc) is 2.70. The van der Waals surface area contributed by atoms with Crippen LogP contribution < -0.4 is 16.0 Å². The Kier molecular flexibility index (Phi) is 9.36. The third-order valence-electron chi connectivity index (χ3n) is 4.95. The Morgan fingerprint density at radius 1 is 1.00 bits per heavy atom. The lowest BCUT2D eigenvalue weighted by molar-refractivity contribution is -0.147. The number of aliphatic carboxylic acids is 1. The summed E-state index contributed by atoms with van der Waals surface area (Å²) in [5, 5.41) is 16.4. The van der Waals surface area contributed by atoms with Crippen LogP contribution in [0.15, 0.2) is 30.3 Å². The summed E-state index contributed by atoms with van der Waals surface area (Å²) < 4.78 is 0. The van der Waals surface area contributed by atoms with Gasteiger partial charge in [-0.3, -0.25) is 19.2 Å². The van der Waals surface area contributed by atoms with Gasteiger partial charge in [-0.2, -0.15) is 0 Å². The fourth-order valence-electron chi connectivity index (χ4n) is 2.69. The molecular formula is C22H31N3O6. The van der Waals surface area contributed by atoms with Crippen molar-refractivity contribution in [3.63, 3.8) is 0 Å². The lowest BCUT2D eigenvalue weighted by atomic mass is 9.96. The molecule has 9 heteroatoms. The maximum absolute atomic E-state index is 12.6. The summed E-state index contributed by atoms with van der Waals surface area (Å²) in [5.74, 6) is -4.64. The van der Waals surface area contributed by atoms with Crippen LogP contribution in [0.3, 0.4) is 0 Å². The predicted molar refractivity (Wildman–Crippen MR) is 114 cm³/mol. The van der Waals surface area contributed by atoms with E-state index < -0.39 is 47.1 Å². The lowest BCUT2D eigenvalue weighted by Crippen LogP contribution is -2.59. The molecule has 3 atom stereocenters. The number of Topliss-reactive ketones (excluding diaryl/α,β-unsaturated/α-hetero) is 1. The second-order valence-electron chi connectivity index (χ2n) is 8.07. The van der Waals surface area contributed by atoms with Gasteiger partial charge < -0.3 is 21.1 Å². The van der Waals surface area contributed by atoms with Gasteiger partial charge in [-0.25, -0.2) is 4.79 Å². The van der Waals surface area contributed by atoms with Crippen molar-refractivity contribution in [3.05, 3.63) is 35.9 Å². The highest BCUT2D eigenvalue weighted by Gasteiger charge is 2.35. The highest BCUT2D eigenvalue weighted by Crippen LogP contribution is 2.11.